The SMILES string of the molecule is CC(C)Cn1nc(-c2ccc(F)c(F)c2)cc(C(=O)O)c1=O. The Morgan fingerprint density at radius 3 is 2.50 bits per heavy atom. The van der Waals surface area contributed by atoms with Crippen LogP contribution in [0.25, 0.3) is 11.3 Å². The Morgan fingerprint density at radius 1 is 1.27 bits per heavy atom. The number of benzene rings is 1. The Hall–Kier alpha value is -2.57. The van der Waals surface area contributed by atoms with Crippen molar-refractivity contribution in [2.24, 2.45) is 5.92 Å². The highest BCUT2D eigenvalue weighted by molar-refractivity contribution is 5.88. The molecule has 22 heavy (non-hydrogen) atoms. The van der Waals surface area contributed by atoms with Gasteiger partial charge in [-0.05, 0) is 30.2 Å². The van der Waals surface area contributed by atoms with E-state index in [0.29, 0.717) is 0 Å². The number of aromatic carboxylic acids is 1. The monoisotopic (exact) mass is 308 g/mol. The Morgan fingerprint density at radius 2 is 1.95 bits per heavy atom. The van der Waals surface area contributed by atoms with E-state index in [1.54, 1.807) is 0 Å². The maximum atomic E-state index is 13.3. The highest BCUT2D eigenvalue weighted by Gasteiger charge is 2.16. The molecule has 5 nitrogen and oxygen atoms in total. The molecule has 0 bridgehead atoms. The Labute approximate surface area is 124 Å². The van der Waals surface area contributed by atoms with Crippen LogP contribution in [-0.2, 0) is 6.54 Å². The number of carboxylic acids is 1. The molecule has 0 spiro atoms. The lowest BCUT2D eigenvalue weighted by molar-refractivity contribution is 0.0693. The van der Waals surface area contributed by atoms with E-state index in [4.69, 9.17) is 5.11 Å². The van der Waals surface area contributed by atoms with Crippen molar-refractivity contribution in [2.75, 3.05) is 0 Å². The van der Waals surface area contributed by atoms with Gasteiger partial charge >= 0.3 is 5.97 Å². The zero-order valence-electron chi connectivity index (χ0n) is 12.0. The summed E-state index contributed by atoms with van der Waals surface area (Å²) in [5.74, 6) is -3.42. The van der Waals surface area contributed by atoms with Crippen LogP contribution < -0.4 is 5.56 Å². The lowest BCUT2D eigenvalue weighted by Crippen LogP contribution is -2.30. The van der Waals surface area contributed by atoms with Crippen LogP contribution in [0, 0.1) is 17.6 Å². The number of halogens is 2. The van der Waals surface area contributed by atoms with E-state index in [2.05, 4.69) is 5.10 Å². The number of carbonyl (C=O) groups is 1. The predicted octanol–water partition coefficient (Wildman–Crippen LogP) is 2.54. The van der Waals surface area contributed by atoms with Crippen LogP contribution in [0.2, 0.25) is 0 Å². The average Bonchev–Trinajstić information content (AvgIpc) is 2.43. The molecule has 0 saturated carbocycles. The molecule has 0 saturated heterocycles. The predicted molar refractivity (Wildman–Crippen MR) is 75.6 cm³/mol. The Kier molecular flexibility index (Phi) is 4.35. The van der Waals surface area contributed by atoms with Crippen LogP contribution in [0.5, 0.6) is 0 Å². The molecule has 2 rings (SSSR count). The summed E-state index contributed by atoms with van der Waals surface area (Å²) in [6, 6.07) is 4.17. The fourth-order valence-electron chi connectivity index (χ4n) is 1.96. The summed E-state index contributed by atoms with van der Waals surface area (Å²) in [7, 11) is 0. The van der Waals surface area contributed by atoms with Crippen LogP contribution in [0.1, 0.15) is 24.2 Å². The zero-order valence-corrected chi connectivity index (χ0v) is 12.0. The zero-order chi connectivity index (χ0) is 16.4. The first kappa shape index (κ1) is 15.8. The van der Waals surface area contributed by atoms with E-state index in [-0.39, 0.29) is 23.7 Å². The van der Waals surface area contributed by atoms with Crippen molar-refractivity contribution in [2.45, 2.75) is 20.4 Å². The summed E-state index contributed by atoms with van der Waals surface area (Å²) >= 11 is 0. The summed E-state index contributed by atoms with van der Waals surface area (Å²) in [4.78, 5) is 23.2. The molecule has 1 aromatic heterocycles. The van der Waals surface area contributed by atoms with Crippen molar-refractivity contribution >= 4 is 5.97 Å². The molecule has 0 aliphatic rings. The third kappa shape index (κ3) is 3.19. The topological polar surface area (TPSA) is 72.2 Å². The first-order chi connectivity index (χ1) is 10.3. The number of hydrogen-bond acceptors (Lipinski definition) is 3. The second kappa shape index (κ2) is 6.05. The first-order valence-electron chi connectivity index (χ1n) is 6.60. The van der Waals surface area contributed by atoms with Gasteiger partial charge in [-0.25, -0.2) is 18.3 Å². The van der Waals surface area contributed by atoms with Crippen LogP contribution >= 0.6 is 0 Å². The van der Waals surface area contributed by atoms with Crippen LogP contribution in [0.15, 0.2) is 29.1 Å². The molecule has 1 heterocycles. The summed E-state index contributed by atoms with van der Waals surface area (Å²) in [5.41, 5.74) is -0.904. The molecule has 0 radical (unpaired) electrons. The van der Waals surface area contributed by atoms with Crippen molar-refractivity contribution in [1.29, 1.82) is 0 Å². The fourth-order valence-corrected chi connectivity index (χ4v) is 1.96. The Bertz CT molecular complexity index is 785. The molecular weight excluding hydrogens is 294 g/mol. The quantitative estimate of drug-likeness (QED) is 0.942. The first-order valence-corrected chi connectivity index (χ1v) is 6.60. The van der Waals surface area contributed by atoms with Gasteiger partial charge in [-0.3, -0.25) is 4.79 Å². The highest BCUT2D eigenvalue weighted by atomic mass is 19.2. The third-order valence-electron chi connectivity index (χ3n) is 2.96. The lowest BCUT2D eigenvalue weighted by Gasteiger charge is -2.11. The van der Waals surface area contributed by atoms with Crippen LogP contribution in [-0.4, -0.2) is 20.9 Å². The normalized spacial score (nSPS) is 11.0. The lowest BCUT2D eigenvalue weighted by atomic mass is 10.1. The average molecular weight is 308 g/mol. The molecule has 0 atom stereocenters. The van der Waals surface area contributed by atoms with Gasteiger partial charge in [-0.2, -0.15) is 5.10 Å². The number of hydrogen-bond donors (Lipinski definition) is 1. The molecule has 0 amide bonds. The minimum absolute atomic E-state index is 0.0621. The maximum absolute atomic E-state index is 13.3. The van der Waals surface area contributed by atoms with Crippen molar-refractivity contribution in [3.8, 4) is 11.3 Å². The smallest absolute Gasteiger partial charge is 0.341 e. The van der Waals surface area contributed by atoms with Crippen molar-refractivity contribution in [3.63, 3.8) is 0 Å². The number of nitrogens with zero attached hydrogens (tertiary/aromatic N) is 2. The third-order valence-corrected chi connectivity index (χ3v) is 2.96. The van der Waals surface area contributed by atoms with Gasteiger partial charge in [-0.15, -0.1) is 0 Å². The van der Waals surface area contributed by atoms with Crippen molar-refractivity contribution < 1.29 is 18.7 Å². The van der Waals surface area contributed by atoms with Crippen LogP contribution in [0.4, 0.5) is 8.78 Å². The summed E-state index contributed by atoms with van der Waals surface area (Å²) in [6.07, 6.45) is 0. The van der Waals surface area contributed by atoms with Gasteiger partial charge in [0, 0.05) is 12.1 Å². The summed E-state index contributed by atoms with van der Waals surface area (Å²) in [6.45, 7) is 3.91. The number of carboxylic acid groups (broad SMARTS) is 1. The molecule has 0 fully saturated rings. The van der Waals surface area contributed by atoms with Crippen molar-refractivity contribution in [3.05, 3.63) is 51.8 Å². The van der Waals surface area contributed by atoms with Gasteiger partial charge in [0.25, 0.3) is 5.56 Å². The molecule has 0 aliphatic carbocycles. The van der Waals surface area contributed by atoms with E-state index in [0.717, 1.165) is 22.9 Å². The Balaban J connectivity index is 2.65. The van der Waals surface area contributed by atoms with Crippen molar-refractivity contribution in [1.82, 2.24) is 9.78 Å². The van der Waals surface area contributed by atoms with Gasteiger partial charge < -0.3 is 5.11 Å². The molecule has 0 aliphatic heterocycles. The fraction of sp³-hybridized carbons (Fsp3) is 0.267. The summed E-state index contributed by atoms with van der Waals surface area (Å²) < 4.78 is 27.4. The number of rotatable bonds is 4. The van der Waals surface area contributed by atoms with E-state index < -0.39 is 28.7 Å². The second-order valence-electron chi connectivity index (χ2n) is 5.26. The molecule has 1 aromatic carbocycles. The van der Waals surface area contributed by atoms with Gasteiger partial charge in [0.15, 0.2) is 11.6 Å². The molecule has 116 valence electrons. The maximum Gasteiger partial charge on any atom is 0.341 e. The summed E-state index contributed by atoms with van der Waals surface area (Å²) in [5, 5.41) is 13.2. The van der Waals surface area contributed by atoms with Gasteiger partial charge in [-0.1, -0.05) is 13.8 Å². The standard InChI is InChI=1S/C15H14F2N2O3/c1-8(2)7-19-14(20)10(15(21)22)6-13(18-19)9-3-4-11(16)12(17)5-9/h3-6,8H,7H2,1-2H3,(H,21,22). The van der Waals surface area contributed by atoms with E-state index in [1.807, 2.05) is 13.8 Å². The molecule has 2 aromatic rings. The largest absolute Gasteiger partial charge is 0.477 e. The second-order valence-corrected chi connectivity index (χ2v) is 5.26. The van der Waals surface area contributed by atoms with E-state index in [1.165, 1.54) is 6.07 Å². The molecule has 0 unspecified atom stereocenters. The minimum atomic E-state index is -1.39. The minimum Gasteiger partial charge on any atom is -0.477 e. The highest BCUT2D eigenvalue weighted by Crippen LogP contribution is 2.19. The van der Waals surface area contributed by atoms with Crippen LogP contribution in [0.3, 0.4) is 0 Å². The van der Waals surface area contributed by atoms with Gasteiger partial charge in [0.1, 0.15) is 5.56 Å². The van der Waals surface area contributed by atoms with E-state index >= 15 is 0 Å². The molecule has 7 heteroatoms. The molecular formula is C15H14F2N2O3. The van der Waals surface area contributed by atoms with E-state index in [9.17, 15) is 18.4 Å². The van der Waals surface area contributed by atoms with Gasteiger partial charge in [0.05, 0.1) is 5.69 Å². The number of aromatic nitrogens is 2. The molecule has 1 N–H and O–H groups in total. The van der Waals surface area contributed by atoms with Gasteiger partial charge in [0.2, 0.25) is 0 Å².